The van der Waals surface area contributed by atoms with Gasteiger partial charge in [0.25, 0.3) is 11.5 Å². The van der Waals surface area contributed by atoms with Crippen LogP contribution in [0.15, 0.2) is 88.7 Å². The molecule has 0 spiro atoms. The zero-order chi connectivity index (χ0) is 25.7. The van der Waals surface area contributed by atoms with Gasteiger partial charge in [-0.25, -0.2) is 4.68 Å². The molecule has 0 aliphatic heterocycles. The number of benzene rings is 2. The van der Waals surface area contributed by atoms with Crippen LogP contribution in [0.4, 0.5) is 5.69 Å². The molecule has 2 aromatic carbocycles. The summed E-state index contributed by atoms with van der Waals surface area (Å²) in [6.07, 6.45) is 1.68. The summed E-state index contributed by atoms with van der Waals surface area (Å²) in [6.45, 7) is 3.65. The summed E-state index contributed by atoms with van der Waals surface area (Å²) in [7, 11) is 1.77. The van der Waals surface area contributed by atoms with Crippen LogP contribution in [0.2, 0.25) is 0 Å². The van der Waals surface area contributed by atoms with Crippen molar-refractivity contribution in [3.8, 4) is 5.69 Å². The summed E-state index contributed by atoms with van der Waals surface area (Å²) in [4.78, 5) is 43.7. The molecule has 1 unspecified atom stereocenters. The number of rotatable bonds is 8. The van der Waals surface area contributed by atoms with Gasteiger partial charge in [0.15, 0.2) is 0 Å². The highest BCUT2D eigenvalue weighted by Gasteiger charge is 2.20. The van der Waals surface area contributed by atoms with Gasteiger partial charge in [0.1, 0.15) is 5.69 Å². The third-order valence-electron chi connectivity index (χ3n) is 5.79. The van der Waals surface area contributed by atoms with Crippen molar-refractivity contribution in [2.45, 2.75) is 24.8 Å². The number of hydrogen-bond donors (Lipinski definition) is 2. The lowest BCUT2D eigenvalue weighted by atomic mass is 10.1. The number of carbonyl (C=O) groups is 2. The van der Waals surface area contributed by atoms with Gasteiger partial charge in [0, 0.05) is 18.1 Å². The van der Waals surface area contributed by atoms with E-state index in [0.29, 0.717) is 21.8 Å². The average molecular weight is 502 g/mol. The number of amides is 2. The summed E-state index contributed by atoms with van der Waals surface area (Å²) >= 11 is 1.24. The molecule has 0 saturated heterocycles. The van der Waals surface area contributed by atoms with Gasteiger partial charge < -0.3 is 10.6 Å². The Morgan fingerprint density at radius 2 is 1.69 bits per heavy atom. The molecule has 0 saturated carbocycles. The molecule has 36 heavy (non-hydrogen) atoms. The van der Waals surface area contributed by atoms with Crippen LogP contribution in [0, 0.1) is 6.92 Å². The number of anilines is 1. The van der Waals surface area contributed by atoms with E-state index in [4.69, 9.17) is 0 Å². The highest BCUT2D eigenvalue weighted by atomic mass is 32.2. The zero-order valence-electron chi connectivity index (χ0n) is 20.3. The van der Waals surface area contributed by atoms with Gasteiger partial charge in [-0.1, -0.05) is 36.4 Å². The standard InChI is InChI=1S/C27H27N5O3S/c1-18(22-14-9-10-16-28-22)29-26(34)21-13-7-8-15-23(21)36-17-24(33)30-25-19(2)31(3)32(27(25)35)20-11-5-4-6-12-20/h4-16,18H,17H2,1-3H3,(H,29,34)(H,30,33). The molecular formula is C27H27N5O3S. The van der Waals surface area contributed by atoms with E-state index in [1.165, 1.54) is 16.4 Å². The lowest BCUT2D eigenvalue weighted by Gasteiger charge is -2.15. The van der Waals surface area contributed by atoms with Gasteiger partial charge in [-0.15, -0.1) is 11.8 Å². The van der Waals surface area contributed by atoms with Crippen molar-refractivity contribution in [1.29, 1.82) is 0 Å². The average Bonchev–Trinajstić information content (AvgIpc) is 3.11. The summed E-state index contributed by atoms with van der Waals surface area (Å²) in [5.74, 6) is -0.538. The maximum Gasteiger partial charge on any atom is 0.295 e. The number of carbonyl (C=O) groups excluding carboxylic acids is 2. The van der Waals surface area contributed by atoms with E-state index in [2.05, 4.69) is 15.6 Å². The Labute approximate surface area is 213 Å². The predicted molar refractivity (Wildman–Crippen MR) is 142 cm³/mol. The lowest BCUT2D eigenvalue weighted by Crippen LogP contribution is -2.27. The van der Waals surface area contributed by atoms with E-state index in [0.717, 1.165) is 5.69 Å². The van der Waals surface area contributed by atoms with E-state index >= 15 is 0 Å². The molecule has 2 amide bonds. The quantitative estimate of drug-likeness (QED) is 0.354. The maximum absolute atomic E-state index is 13.0. The van der Waals surface area contributed by atoms with E-state index in [1.807, 2.05) is 61.5 Å². The Kier molecular flexibility index (Phi) is 7.70. The normalized spacial score (nSPS) is 11.6. The van der Waals surface area contributed by atoms with Crippen LogP contribution < -0.4 is 16.2 Å². The lowest BCUT2D eigenvalue weighted by molar-refractivity contribution is -0.113. The second-order valence-corrected chi connectivity index (χ2v) is 9.24. The number of para-hydroxylation sites is 1. The fourth-order valence-corrected chi connectivity index (χ4v) is 4.64. The molecule has 0 fully saturated rings. The van der Waals surface area contributed by atoms with Crippen molar-refractivity contribution in [2.75, 3.05) is 11.1 Å². The minimum absolute atomic E-state index is 0.0409. The molecule has 0 aliphatic rings. The van der Waals surface area contributed by atoms with E-state index in [9.17, 15) is 14.4 Å². The molecule has 2 N–H and O–H groups in total. The summed E-state index contributed by atoms with van der Waals surface area (Å²) in [5, 5.41) is 5.72. The molecule has 4 aromatic rings. The molecular weight excluding hydrogens is 474 g/mol. The Morgan fingerprint density at radius 1 is 1.00 bits per heavy atom. The van der Waals surface area contributed by atoms with Gasteiger partial charge in [-0.2, -0.15) is 0 Å². The van der Waals surface area contributed by atoms with Gasteiger partial charge >= 0.3 is 0 Å². The third kappa shape index (κ3) is 5.41. The highest BCUT2D eigenvalue weighted by Crippen LogP contribution is 2.24. The van der Waals surface area contributed by atoms with Crippen molar-refractivity contribution in [3.05, 3.63) is 106 Å². The minimum Gasteiger partial charge on any atom is -0.344 e. The fourth-order valence-electron chi connectivity index (χ4n) is 3.79. The fraction of sp³-hybridized carbons (Fsp3) is 0.185. The zero-order valence-corrected chi connectivity index (χ0v) is 21.1. The van der Waals surface area contributed by atoms with Crippen LogP contribution in [0.5, 0.6) is 0 Å². The van der Waals surface area contributed by atoms with E-state index in [-0.39, 0.29) is 34.9 Å². The van der Waals surface area contributed by atoms with Crippen LogP contribution >= 0.6 is 11.8 Å². The van der Waals surface area contributed by atoms with Gasteiger partial charge in [-0.3, -0.25) is 24.0 Å². The molecule has 0 bridgehead atoms. The molecule has 0 radical (unpaired) electrons. The Bertz CT molecular complexity index is 1430. The van der Waals surface area contributed by atoms with Gasteiger partial charge in [0.2, 0.25) is 5.91 Å². The van der Waals surface area contributed by atoms with Crippen molar-refractivity contribution < 1.29 is 9.59 Å². The first-order valence-corrected chi connectivity index (χ1v) is 12.4. The monoisotopic (exact) mass is 501 g/mol. The summed E-state index contributed by atoms with van der Waals surface area (Å²) < 4.78 is 3.23. The first-order valence-electron chi connectivity index (χ1n) is 11.4. The molecule has 4 rings (SSSR count). The van der Waals surface area contributed by atoms with E-state index < -0.39 is 0 Å². The SMILES string of the molecule is Cc1c(NC(=O)CSc2ccccc2C(=O)NC(C)c2ccccn2)c(=O)n(-c2ccccc2)n1C. The van der Waals surface area contributed by atoms with Crippen molar-refractivity contribution in [3.63, 3.8) is 0 Å². The summed E-state index contributed by atoms with van der Waals surface area (Å²) in [6, 6.07) is 21.6. The van der Waals surface area contributed by atoms with Gasteiger partial charge in [0.05, 0.1) is 34.4 Å². The Hall–Kier alpha value is -4.11. The van der Waals surface area contributed by atoms with E-state index in [1.54, 1.807) is 43.0 Å². The summed E-state index contributed by atoms with van der Waals surface area (Å²) in [5.41, 5.74) is 2.52. The first kappa shape index (κ1) is 25.0. The molecule has 2 heterocycles. The van der Waals surface area contributed by atoms with Crippen LogP contribution in [-0.2, 0) is 11.8 Å². The first-order chi connectivity index (χ1) is 17.4. The smallest absolute Gasteiger partial charge is 0.295 e. The van der Waals surface area contributed by atoms with Gasteiger partial charge in [-0.05, 0) is 50.2 Å². The molecule has 184 valence electrons. The molecule has 8 nitrogen and oxygen atoms in total. The minimum atomic E-state index is -0.330. The topological polar surface area (TPSA) is 98.0 Å². The maximum atomic E-state index is 13.0. The van der Waals surface area contributed by atoms with Crippen LogP contribution in [0.25, 0.3) is 5.69 Å². The highest BCUT2D eigenvalue weighted by molar-refractivity contribution is 8.00. The van der Waals surface area contributed by atoms with Crippen LogP contribution in [0.3, 0.4) is 0 Å². The molecule has 2 aromatic heterocycles. The third-order valence-corrected chi connectivity index (χ3v) is 6.86. The predicted octanol–water partition coefficient (Wildman–Crippen LogP) is 4.10. The number of nitrogens with one attached hydrogen (secondary N) is 2. The molecule has 1 atom stereocenters. The molecule has 0 aliphatic carbocycles. The molecule has 9 heteroatoms. The number of hydrogen-bond acceptors (Lipinski definition) is 5. The van der Waals surface area contributed by atoms with Crippen LogP contribution in [-0.4, -0.2) is 31.9 Å². The second kappa shape index (κ2) is 11.1. The second-order valence-electron chi connectivity index (χ2n) is 8.22. The van der Waals surface area contributed by atoms with Crippen LogP contribution in [0.1, 0.15) is 34.7 Å². The number of nitrogens with zero attached hydrogens (tertiary/aromatic N) is 3. The van der Waals surface area contributed by atoms with Crippen molar-refractivity contribution in [1.82, 2.24) is 19.7 Å². The Morgan fingerprint density at radius 3 is 2.42 bits per heavy atom. The number of thioether (sulfide) groups is 1. The number of aromatic nitrogens is 3. The van der Waals surface area contributed by atoms with Crippen molar-refractivity contribution >= 4 is 29.3 Å². The Balaban J connectivity index is 1.45. The largest absolute Gasteiger partial charge is 0.344 e. The van der Waals surface area contributed by atoms with Crippen molar-refractivity contribution in [2.24, 2.45) is 7.05 Å². The number of pyridine rings is 1.